The van der Waals surface area contributed by atoms with E-state index in [4.69, 9.17) is 28.2 Å². The fourth-order valence-corrected chi connectivity index (χ4v) is 17.3. The van der Waals surface area contributed by atoms with E-state index >= 15 is 0 Å². The predicted octanol–water partition coefficient (Wildman–Crippen LogP) is 11.6. The highest BCUT2D eigenvalue weighted by atomic mass is 16.7. The second-order valence-electron chi connectivity index (χ2n) is 21.8. The Labute approximate surface area is 346 Å². The van der Waals surface area contributed by atoms with Crippen molar-refractivity contribution in [2.75, 3.05) is 21.3 Å². The molecule has 0 amide bonds. The van der Waals surface area contributed by atoms with E-state index in [-0.39, 0.29) is 16.2 Å². The van der Waals surface area contributed by atoms with Crippen molar-refractivity contribution in [2.24, 2.45) is 53.3 Å². The van der Waals surface area contributed by atoms with Crippen LogP contribution < -0.4 is 28.2 Å². The maximum Gasteiger partial charge on any atom is 0.864 e. The Morgan fingerprint density at radius 2 is 0.586 bits per heavy atom. The summed E-state index contributed by atoms with van der Waals surface area (Å²) in [6.07, 6.45) is 24.0. The van der Waals surface area contributed by atoms with Crippen molar-refractivity contribution in [3.63, 3.8) is 0 Å². The second kappa shape index (κ2) is 13.5. The Morgan fingerprint density at radius 1 is 0.362 bits per heavy atom. The molecule has 306 valence electrons. The van der Waals surface area contributed by atoms with Gasteiger partial charge in [-0.25, -0.2) is 0 Å². The summed E-state index contributed by atoms with van der Waals surface area (Å²) in [5.74, 6) is 12.7. The Balaban J connectivity index is 0.902. The van der Waals surface area contributed by atoms with Crippen LogP contribution >= 0.6 is 0 Å². The molecule has 0 saturated heterocycles. The molecule has 12 saturated carbocycles. The average Bonchev–Trinajstić information content (AvgIpc) is 3.19. The molecule has 12 aliphatic carbocycles. The molecule has 0 spiro atoms. The monoisotopic (exact) mass is 782 g/mol. The topological polar surface area (TPSA) is 55.4 Å². The molecule has 15 rings (SSSR count). The summed E-state index contributed by atoms with van der Waals surface area (Å²) in [5.41, 5.74) is 4.40. The van der Waals surface area contributed by atoms with Gasteiger partial charge < -0.3 is 28.2 Å². The van der Waals surface area contributed by atoms with E-state index in [1.165, 1.54) is 132 Å². The van der Waals surface area contributed by atoms with Crippen molar-refractivity contribution in [3.8, 4) is 34.5 Å². The molecule has 0 atom stereocenters. The van der Waals surface area contributed by atoms with E-state index in [0.717, 1.165) is 87.8 Å². The fraction of sp³-hybridized carbons (Fsp3) is 0.647. The quantitative estimate of drug-likeness (QED) is 0.171. The minimum atomic E-state index is -1.01. The molecular formula is C51H63BO6. The van der Waals surface area contributed by atoms with Crippen LogP contribution in [0.5, 0.6) is 34.5 Å². The minimum absolute atomic E-state index is 0.155. The van der Waals surface area contributed by atoms with Crippen LogP contribution in [0.3, 0.4) is 0 Å². The van der Waals surface area contributed by atoms with Crippen molar-refractivity contribution in [1.29, 1.82) is 0 Å². The van der Waals surface area contributed by atoms with Crippen LogP contribution in [0.4, 0.5) is 0 Å². The van der Waals surface area contributed by atoms with E-state index in [9.17, 15) is 0 Å². The van der Waals surface area contributed by atoms with Gasteiger partial charge in [0.05, 0.1) is 21.3 Å². The third kappa shape index (κ3) is 5.99. The van der Waals surface area contributed by atoms with Gasteiger partial charge in [0.1, 0.15) is 34.5 Å². The maximum atomic E-state index is 6.95. The number of hydrogen-bond acceptors (Lipinski definition) is 6. The van der Waals surface area contributed by atoms with Gasteiger partial charge in [-0.05, 0) is 240 Å². The van der Waals surface area contributed by atoms with Crippen LogP contribution in [0, 0.1) is 53.3 Å². The molecule has 0 aliphatic heterocycles. The number of benzene rings is 3. The highest BCUT2D eigenvalue weighted by molar-refractivity contribution is 6.39. The lowest BCUT2D eigenvalue weighted by atomic mass is 9.48. The molecule has 58 heavy (non-hydrogen) atoms. The standard InChI is InChI=1S/C51H63BO6/c1-53-46-7-4-40(19-43(46)49-22-31-10-32(23-49)12-33(11-31)24-49)56-52(57-41-5-8-47(54-2)44(20-41)50-25-34-13-35(26-50)15-36(14-34)27-50)58-42-6-9-48(55-3)45(21-42)51-28-37-16-38(29-51)18-39(17-37)30-51/h4-9,19-21,31-39H,10-18,22-30H2,1-3H3. The van der Waals surface area contributed by atoms with Gasteiger partial charge in [0.2, 0.25) is 0 Å². The lowest BCUT2D eigenvalue weighted by molar-refractivity contribution is -0.00632. The summed E-state index contributed by atoms with van der Waals surface area (Å²) in [6, 6.07) is 19.3. The van der Waals surface area contributed by atoms with Crippen molar-refractivity contribution < 1.29 is 28.2 Å². The lowest BCUT2D eigenvalue weighted by Crippen LogP contribution is -2.48. The Morgan fingerprint density at radius 3 is 0.793 bits per heavy atom. The smallest absolute Gasteiger partial charge is 0.496 e. The van der Waals surface area contributed by atoms with E-state index in [1.54, 1.807) is 0 Å². The number of rotatable bonds is 12. The van der Waals surface area contributed by atoms with Gasteiger partial charge in [0, 0.05) is 16.7 Å². The summed E-state index contributed by atoms with van der Waals surface area (Å²) < 4.78 is 39.2. The summed E-state index contributed by atoms with van der Waals surface area (Å²) in [7, 11) is 4.47. The Hall–Kier alpha value is -3.48. The van der Waals surface area contributed by atoms with Gasteiger partial charge in [-0.2, -0.15) is 0 Å². The van der Waals surface area contributed by atoms with Crippen molar-refractivity contribution in [3.05, 3.63) is 71.3 Å². The van der Waals surface area contributed by atoms with Crippen LogP contribution in [0.1, 0.15) is 132 Å². The van der Waals surface area contributed by atoms with Gasteiger partial charge >= 0.3 is 7.32 Å². The molecule has 0 N–H and O–H groups in total. The molecular weight excluding hydrogens is 719 g/mol. The van der Waals surface area contributed by atoms with Crippen LogP contribution in [-0.4, -0.2) is 28.7 Å². The molecule has 7 heteroatoms. The van der Waals surface area contributed by atoms with Crippen molar-refractivity contribution >= 4 is 7.32 Å². The van der Waals surface area contributed by atoms with E-state index in [1.807, 2.05) is 39.5 Å². The van der Waals surface area contributed by atoms with Crippen molar-refractivity contribution in [2.45, 2.75) is 132 Å². The van der Waals surface area contributed by atoms with Gasteiger partial charge in [-0.3, -0.25) is 0 Å². The lowest BCUT2D eigenvalue weighted by Gasteiger charge is -2.57. The molecule has 0 heterocycles. The van der Waals surface area contributed by atoms with E-state index in [2.05, 4.69) is 36.4 Å². The summed E-state index contributed by atoms with van der Waals surface area (Å²) in [5, 5.41) is 0. The number of hydrogen-bond donors (Lipinski definition) is 0. The minimum Gasteiger partial charge on any atom is -0.496 e. The van der Waals surface area contributed by atoms with Crippen molar-refractivity contribution in [1.82, 2.24) is 0 Å². The van der Waals surface area contributed by atoms with Crippen LogP contribution in [0.2, 0.25) is 0 Å². The molecule has 6 nitrogen and oxygen atoms in total. The highest BCUT2D eigenvalue weighted by Crippen LogP contribution is 2.65. The zero-order valence-corrected chi connectivity index (χ0v) is 35.1. The first-order chi connectivity index (χ1) is 28.3. The molecule has 3 aromatic carbocycles. The van der Waals surface area contributed by atoms with E-state index in [0.29, 0.717) is 0 Å². The molecule has 3 aromatic rings. The van der Waals surface area contributed by atoms with Crippen LogP contribution in [0.15, 0.2) is 54.6 Å². The number of methoxy groups -OCH3 is 3. The zero-order chi connectivity index (χ0) is 38.8. The third-order valence-electron chi connectivity index (χ3n) is 18.0. The zero-order valence-electron chi connectivity index (χ0n) is 35.1. The third-order valence-corrected chi connectivity index (χ3v) is 18.0. The van der Waals surface area contributed by atoms with Gasteiger partial charge in [-0.15, -0.1) is 0 Å². The summed E-state index contributed by atoms with van der Waals surface area (Å²) in [4.78, 5) is 0. The molecule has 0 aromatic heterocycles. The molecule has 0 unspecified atom stereocenters. The van der Waals surface area contributed by atoms with E-state index < -0.39 is 7.32 Å². The first-order valence-electron chi connectivity index (χ1n) is 23.3. The predicted molar refractivity (Wildman–Crippen MR) is 226 cm³/mol. The normalized spacial score (nSPS) is 39.5. The maximum absolute atomic E-state index is 6.95. The Bertz CT molecular complexity index is 1740. The van der Waals surface area contributed by atoms with Gasteiger partial charge in [-0.1, -0.05) is 0 Å². The largest absolute Gasteiger partial charge is 0.864 e. The first kappa shape index (κ1) is 36.4. The molecule has 0 radical (unpaired) electrons. The van der Waals surface area contributed by atoms with Gasteiger partial charge in [0.25, 0.3) is 0 Å². The number of ether oxygens (including phenoxy) is 3. The SMILES string of the molecule is COc1ccc(OB(Oc2ccc(OC)c(C34CC5CC(CC(C5)C3)C4)c2)Oc2ccc(OC)c(C34CC5CC(CC(C5)C3)C4)c2)cc1C12CC3CC(CC(C3)C1)C2. The summed E-state index contributed by atoms with van der Waals surface area (Å²) >= 11 is 0. The highest BCUT2D eigenvalue weighted by Gasteiger charge is 2.55. The molecule has 12 aliphatic rings. The van der Waals surface area contributed by atoms with Crippen LogP contribution in [0.25, 0.3) is 0 Å². The first-order valence-corrected chi connectivity index (χ1v) is 23.3. The van der Waals surface area contributed by atoms with Gasteiger partial charge in [0.15, 0.2) is 0 Å². The second-order valence-corrected chi connectivity index (χ2v) is 21.8. The molecule has 12 bridgehead atoms. The average molecular weight is 783 g/mol. The summed E-state index contributed by atoms with van der Waals surface area (Å²) in [6.45, 7) is 0. The Kier molecular flexibility index (Phi) is 8.48. The molecule has 12 fully saturated rings. The fourth-order valence-electron chi connectivity index (χ4n) is 17.3. The van der Waals surface area contributed by atoms with Crippen LogP contribution in [-0.2, 0) is 16.2 Å².